The molecule has 0 aromatic heterocycles. The number of guanidine groups is 1. The van der Waals surface area contributed by atoms with Crippen LogP contribution in [0.2, 0.25) is 0 Å². The molecule has 7 heteroatoms. The van der Waals surface area contributed by atoms with Gasteiger partial charge in [-0.15, -0.1) is 6.58 Å². The second-order valence-electron chi connectivity index (χ2n) is 4.12. The van der Waals surface area contributed by atoms with Crippen molar-refractivity contribution in [1.82, 2.24) is 4.90 Å². The van der Waals surface area contributed by atoms with Crippen LogP contribution in [-0.2, 0) is 4.79 Å². The Morgan fingerprint density at radius 3 is 2.81 bits per heavy atom. The fourth-order valence-electron chi connectivity index (χ4n) is 1.88. The second-order valence-corrected chi connectivity index (χ2v) is 4.12. The van der Waals surface area contributed by atoms with Gasteiger partial charge in [0.2, 0.25) is 5.96 Å². The highest BCUT2D eigenvalue weighted by atomic mass is 35.5. The SMILES string of the molecule is C=CCN1C(=O)CN=C1Nc1ccc(OC)cc1OC.[Cl-]. The van der Waals surface area contributed by atoms with Gasteiger partial charge in [0.1, 0.15) is 18.0 Å². The molecule has 0 saturated heterocycles. The molecule has 1 aromatic carbocycles. The number of methoxy groups -OCH3 is 2. The van der Waals surface area contributed by atoms with Gasteiger partial charge in [0.05, 0.1) is 19.9 Å². The number of halogens is 1. The minimum atomic E-state index is -0.0557. The smallest absolute Gasteiger partial charge is 0.251 e. The highest BCUT2D eigenvalue weighted by Gasteiger charge is 2.24. The van der Waals surface area contributed by atoms with E-state index in [0.29, 0.717) is 24.0 Å². The van der Waals surface area contributed by atoms with Crippen LogP contribution in [0.1, 0.15) is 0 Å². The number of aliphatic imine (C=N–C) groups is 1. The topological polar surface area (TPSA) is 63.2 Å². The number of nitrogens with one attached hydrogen (secondary N) is 1. The van der Waals surface area contributed by atoms with Crippen molar-refractivity contribution in [3.63, 3.8) is 0 Å². The molecule has 0 saturated carbocycles. The molecule has 1 amide bonds. The van der Waals surface area contributed by atoms with Gasteiger partial charge in [-0.1, -0.05) is 6.08 Å². The van der Waals surface area contributed by atoms with Crippen LogP contribution in [0.15, 0.2) is 35.8 Å². The molecular weight excluding hydrogens is 294 g/mol. The Kier molecular flexibility index (Phi) is 6.05. The predicted molar refractivity (Wildman–Crippen MR) is 77.4 cm³/mol. The summed E-state index contributed by atoms with van der Waals surface area (Å²) in [4.78, 5) is 17.4. The molecule has 1 heterocycles. The van der Waals surface area contributed by atoms with E-state index in [4.69, 9.17) is 9.47 Å². The molecule has 6 nitrogen and oxygen atoms in total. The van der Waals surface area contributed by atoms with Crippen molar-refractivity contribution in [3.05, 3.63) is 30.9 Å². The fourth-order valence-corrected chi connectivity index (χ4v) is 1.88. The molecule has 114 valence electrons. The van der Waals surface area contributed by atoms with Gasteiger partial charge >= 0.3 is 0 Å². The average molecular weight is 311 g/mol. The summed E-state index contributed by atoms with van der Waals surface area (Å²) in [6.45, 7) is 4.21. The van der Waals surface area contributed by atoms with Crippen molar-refractivity contribution in [2.75, 3.05) is 32.6 Å². The highest BCUT2D eigenvalue weighted by Crippen LogP contribution is 2.29. The Morgan fingerprint density at radius 1 is 1.43 bits per heavy atom. The number of carbonyl (C=O) groups is 1. The number of anilines is 1. The molecule has 0 bridgehead atoms. The Balaban J connectivity index is 0.00000220. The van der Waals surface area contributed by atoms with Crippen molar-refractivity contribution >= 4 is 17.6 Å². The molecule has 0 radical (unpaired) electrons. The molecule has 0 aliphatic carbocycles. The molecule has 1 N–H and O–H groups in total. The van der Waals surface area contributed by atoms with E-state index in [0.717, 1.165) is 5.69 Å². The maximum atomic E-state index is 11.7. The molecule has 0 atom stereocenters. The molecule has 0 fully saturated rings. The fraction of sp³-hybridized carbons (Fsp3) is 0.286. The largest absolute Gasteiger partial charge is 1.00 e. The summed E-state index contributed by atoms with van der Waals surface area (Å²) in [5.41, 5.74) is 0.718. The minimum Gasteiger partial charge on any atom is -1.00 e. The number of benzene rings is 1. The normalized spacial score (nSPS) is 13.3. The van der Waals surface area contributed by atoms with Gasteiger partial charge in [0.15, 0.2) is 0 Å². The Labute approximate surface area is 129 Å². The van der Waals surface area contributed by atoms with Crippen LogP contribution in [0.3, 0.4) is 0 Å². The summed E-state index contributed by atoms with van der Waals surface area (Å²) in [5, 5.41) is 3.10. The maximum Gasteiger partial charge on any atom is 0.251 e. The van der Waals surface area contributed by atoms with Crippen molar-refractivity contribution in [2.45, 2.75) is 0 Å². The number of hydrogen-bond acceptors (Lipinski definition) is 5. The van der Waals surface area contributed by atoms with Gasteiger partial charge < -0.3 is 27.2 Å². The first-order valence-corrected chi connectivity index (χ1v) is 6.14. The summed E-state index contributed by atoms with van der Waals surface area (Å²) in [6.07, 6.45) is 1.66. The van der Waals surface area contributed by atoms with Crippen LogP contribution in [0, 0.1) is 0 Å². The number of nitrogens with zero attached hydrogens (tertiary/aromatic N) is 2. The minimum absolute atomic E-state index is 0. The van der Waals surface area contributed by atoms with E-state index in [1.54, 1.807) is 32.4 Å². The first-order chi connectivity index (χ1) is 9.69. The Morgan fingerprint density at radius 2 is 2.19 bits per heavy atom. The number of hydrogen-bond donors (Lipinski definition) is 1. The van der Waals surface area contributed by atoms with Crippen molar-refractivity contribution in [2.24, 2.45) is 4.99 Å². The van der Waals surface area contributed by atoms with E-state index < -0.39 is 0 Å². The van der Waals surface area contributed by atoms with Gasteiger partial charge in [-0.25, -0.2) is 4.99 Å². The summed E-state index contributed by atoms with van der Waals surface area (Å²) >= 11 is 0. The monoisotopic (exact) mass is 310 g/mol. The number of ether oxygens (including phenoxy) is 2. The van der Waals surface area contributed by atoms with Gasteiger partial charge in [-0.3, -0.25) is 9.69 Å². The van der Waals surface area contributed by atoms with E-state index in [-0.39, 0.29) is 24.9 Å². The number of amides is 1. The van der Waals surface area contributed by atoms with Crippen molar-refractivity contribution < 1.29 is 26.7 Å². The molecule has 2 rings (SSSR count). The quantitative estimate of drug-likeness (QED) is 0.673. The van der Waals surface area contributed by atoms with E-state index in [2.05, 4.69) is 16.9 Å². The summed E-state index contributed by atoms with van der Waals surface area (Å²) in [6, 6.07) is 5.38. The van der Waals surface area contributed by atoms with Crippen molar-refractivity contribution in [1.29, 1.82) is 0 Å². The molecular formula is C14H17ClN3O3-. The zero-order valence-corrected chi connectivity index (χ0v) is 12.7. The van der Waals surface area contributed by atoms with Crippen LogP contribution in [0.4, 0.5) is 5.69 Å². The molecule has 1 aliphatic heterocycles. The third-order valence-electron chi connectivity index (χ3n) is 2.89. The molecule has 0 unspecified atom stereocenters. The van der Waals surface area contributed by atoms with Crippen LogP contribution >= 0.6 is 0 Å². The summed E-state index contributed by atoms with van der Waals surface area (Å²) in [5.74, 6) is 1.75. The third-order valence-corrected chi connectivity index (χ3v) is 2.89. The average Bonchev–Trinajstić information content (AvgIpc) is 2.81. The molecule has 1 aliphatic rings. The summed E-state index contributed by atoms with van der Waals surface area (Å²) in [7, 11) is 3.16. The van der Waals surface area contributed by atoms with Crippen LogP contribution < -0.4 is 27.2 Å². The van der Waals surface area contributed by atoms with E-state index >= 15 is 0 Å². The van der Waals surface area contributed by atoms with Gasteiger partial charge in [-0.05, 0) is 12.1 Å². The van der Waals surface area contributed by atoms with Crippen molar-refractivity contribution in [3.8, 4) is 11.5 Å². The standard InChI is InChI=1S/C14H17N3O3.ClH/c1-4-7-17-13(18)9-15-14(17)16-11-6-5-10(19-2)8-12(11)20-3;/h4-6,8H,1,7,9H2,2-3H3,(H,15,16);1H/p-1. The Bertz CT molecular complexity index is 560. The van der Waals surface area contributed by atoms with Gasteiger partial charge in [-0.2, -0.15) is 0 Å². The van der Waals surface area contributed by atoms with Gasteiger partial charge in [0.25, 0.3) is 5.91 Å². The lowest BCUT2D eigenvalue weighted by Crippen LogP contribution is -3.00. The predicted octanol–water partition coefficient (Wildman–Crippen LogP) is -1.50. The van der Waals surface area contributed by atoms with Crippen LogP contribution in [-0.4, -0.2) is 44.1 Å². The second kappa shape index (κ2) is 7.54. The zero-order valence-electron chi connectivity index (χ0n) is 11.9. The third kappa shape index (κ3) is 3.66. The number of carbonyl (C=O) groups excluding carboxylic acids is 1. The van der Waals surface area contributed by atoms with Crippen LogP contribution in [0.5, 0.6) is 11.5 Å². The van der Waals surface area contributed by atoms with E-state index in [1.807, 2.05) is 6.07 Å². The first kappa shape index (κ1) is 16.8. The van der Waals surface area contributed by atoms with E-state index in [9.17, 15) is 4.79 Å². The lowest BCUT2D eigenvalue weighted by atomic mass is 10.2. The highest BCUT2D eigenvalue weighted by molar-refractivity contribution is 6.09. The van der Waals surface area contributed by atoms with Crippen LogP contribution in [0.25, 0.3) is 0 Å². The van der Waals surface area contributed by atoms with E-state index in [1.165, 1.54) is 4.90 Å². The Hall–Kier alpha value is -2.21. The molecule has 21 heavy (non-hydrogen) atoms. The lowest BCUT2D eigenvalue weighted by Gasteiger charge is -2.19. The summed E-state index contributed by atoms with van der Waals surface area (Å²) < 4.78 is 10.4. The lowest BCUT2D eigenvalue weighted by molar-refractivity contribution is -0.124. The molecule has 1 aromatic rings. The zero-order chi connectivity index (χ0) is 14.5. The first-order valence-electron chi connectivity index (χ1n) is 6.14. The number of rotatable bonds is 5. The maximum absolute atomic E-state index is 11.7. The molecule has 0 spiro atoms. The van der Waals surface area contributed by atoms with Gasteiger partial charge in [0, 0.05) is 12.6 Å².